The van der Waals surface area contributed by atoms with Crippen molar-refractivity contribution in [2.75, 3.05) is 13.6 Å². The highest BCUT2D eigenvalue weighted by molar-refractivity contribution is 5.94. The summed E-state index contributed by atoms with van der Waals surface area (Å²) in [7, 11) is 1.29. The van der Waals surface area contributed by atoms with Crippen LogP contribution in [0.5, 0.6) is 5.75 Å². The van der Waals surface area contributed by atoms with Gasteiger partial charge in [0.2, 0.25) is 0 Å². The molecule has 0 bridgehead atoms. The van der Waals surface area contributed by atoms with E-state index in [1.165, 1.54) is 31.3 Å². The minimum atomic E-state index is -4.28. The fourth-order valence-electron chi connectivity index (χ4n) is 1.26. The molecule has 6 heteroatoms. The first kappa shape index (κ1) is 13.3. The van der Waals surface area contributed by atoms with E-state index in [4.69, 9.17) is 5.11 Å². The standard InChI is InChI=1S/C11H12F3NO2/c1-15(6-5-11(12,13)14)10(17)8-3-2-4-9(16)7-8/h2-4,7,16H,5-6H2,1H3. The van der Waals surface area contributed by atoms with Crippen LogP contribution in [0.2, 0.25) is 0 Å². The van der Waals surface area contributed by atoms with E-state index in [0.29, 0.717) is 0 Å². The number of nitrogens with zero attached hydrogens (tertiary/aromatic N) is 1. The second-order valence-electron chi connectivity index (χ2n) is 3.64. The van der Waals surface area contributed by atoms with Gasteiger partial charge in [-0.2, -0.15) is 13.2 Å². The van der Waals surface area contributed by atoms with Crippen molar-refractivity contribution in [3.8, 4) is 5.75 Å². The van der Waals surface area contributed by atoms with Crippen molar-refractivity contribution in [2.45, 2.75) is 12.6 Å². The molecule has 0 aliphatic carbocycles. The van der Waals surface area contributed by atoms with Crippen molar-refractivity contribution in [3.05, 3.63) is 29.8 Å². The molecule has 1 rings (SSSR count). The monoisotopic (exact) mass is 247 g/mol. The first-order valence-corrected chi connectivity index (χ1v) is 4.91. The highest BCUT2D eigenvalue weighted by Crippen LogP contribution is 2.20. The first-order valence-electron chi connectivity index (χ1n) is 4.91. The summed E-state index contributed by atoms with van der Waals surface area (Å²) in [5.74, 6) is -0.648. The Kier molecular flexibility index (Phi) is 3.98. The zero-order chi connectivity index (χ0) is 13.1. The third-order valence-corrected chi connectivity index (χ3v) is 2.17. The molecular weight excluding hydrogens is 235 g/mol. The number of hydrogen-bond acceptors (Lipinski definition) is 2. The molecule has 0 spiro atoms. The minimum absolute atomic E-state index is 0.0972. The summed E-state index contributed by atoms with van der Waals surface area (Å²) in [5.41, 5.74) is 0.162. The van der Waals surface area contributed by atoms with Crippen molar-refractivity contribution in [1.29, 1.82) is 0 Å². The first-order chi connectivity index (χ1) is 7.79. The van der Waals surface area contributed by atoms with Crippen LogP contribution in [-0.4, -0.2) is 35.7 Å². The van der Waals surface area contributed by atoms with Crippen LogP contribution in [0, 0.1) is 0 Å². The molecule has 0 aliphatic rings. The van der Waals surface area contributed by atoms with Crippen LogP contribution in [-0.2, 0) is 0 Å². The number of amides is 1. The zero-order valence-electron chi connectivity index (χ0n) is 9.16. The van der Waals surface area contributed by atoms with Crippen molar-refractivity contribution < 1.29 is 23.1 Å². The number of phenolic OH excluding ortho intramolecular Hbond substituents is 1. The maximum atomic E-state index is 12.0. The Hall–Kier alpha value is -1.72. The van der Waals surface area contributed by atoms with Crippen molar-refractivity contribution in [3.63, 3.8) is 0 Å². The molecule has 94 valence electrons. The van der Waals surface area contributed by atoms with Gasteiger partial charge in [-0.15, -0.1) is 0 Å². The van der Waals surface area contributed by atoms with Gasteiger partial charge in [0.05, 0.1) is 6.42 Å². The summed E-state index contributed by atoms with van der Waals surface area (Å²) in [5, 5.41) is 9.15. The highest BCUT2D eigenvalue weighted by Gasteiger charge is 2.28. The molecular formula is C11H12F3NO2. The lowest BCUT2D eigenvalue weighted by Gasteiger charge is -2.18. The van der Waals surface area contributed by atoms with E-state index >= 15 is 0 Å². The summed E-state index contributed by atoms with van der Waals surface area (Å²) in [6, 6.07) is 5.49. The summed E-state index contributed by atoms with van der Waals surface area (Å²) >= 11 is 0. The average Bonchev–Trinajstić information content (AvgIpc) is 2.24. The molecule has 0 unspecified atom stereocenters. The number of halogens is 3. The Balaban J connectivity index is 2.64. The van der Waals surface area contributed by atoms with Gasteiger partial charge in [0, 0.05) is 19.2 Å². The molecule has 17 heavy (non-hydrogen) atoms. The van der Waals surface area contributed by atoms with Crippen LogP contribution in [0.4, 0.5) is 13.2 Å². The molecule has 0 fully saturated rings. The number of rotatable bonds is 3. The Morgan fingerprint density at radius 1 is 1.41 bits per heavy atom. The van der Waals surface area contributed by atoms with E-state index in [1.54, 1.807) is 0 Å². The highest BCUT2D eigenvalue weighted by atomic mass is 19.4. The van der Waals surface area contributed by atoms with Gasteiger partial charge in [-0.05, 0) is 18.2 Å². The van der Waals surface area contributed by atoms with E-state index in [0.717, 1.165) is 4.90 Å². The molecule has 0 aliphatic heterocycles. The van der Waals surface area contributed by atoms with Crippen LogP contribution < -0.4 is 0 Å². The topological polar surface area (TPSA) is 40.5 Å². The van der Waals surface area contributed by atoms with E-state index < -0.39 is 25.0 Å². The van der Waals surface area contributed by atoms with Gasteiger partial charge >= 0.3 is 6.18 Å². The Morgan fingerprint density at radius 3 is 2.59 bits per heavy atom. The van der Waals surface area contributed by atoms with Gasteiger partial charge in [-0.25, -0.2) is 0 Å². The molecule has 3 nitrogen and oxygen atoms in total. The summed E-state index contributed by atoms with van der Waals surface area (Å²) in [6.45, 7) is -0.405. The van der Waals surface area contributed by atoms with Crippen LogP contribution in [0.25, 0.3) is 0 Å². The predicted octanol–water partition coefficient (Wildman–Crippen LogP) is 2.42. The number of hydrogen-bond donors (Lipinski definition) is 1. The van der Waals surface area contributed by atoms with Gasteiger partial charge in [0.25, 0.3) is 5.91 Å². The van der Waals surface area contributed by atoms with E-state index in [9.17, 15) is 18.0 Å². The van der Waals surface area contributed by atoms with Crippen LogP contribution in [0.1, 0.15) is 16.8 Å². The summed E-state index contributed by atoms with van der Waals surface area (Å²) < 4.78 is 35.9. The third kappa shape index (κ3) is 4.34. The van der Waals surface area contributed by atoms with Crippen LogP contribution in [0.3, 0.4) is 0 Å². The average molecular weight is 247 g/mol. The molecule has 1 amide bonds. The normalized spacial score (nSPS) is 11.3. The number of phenols is 1. The van der Waals surface area contributed by atoms with Gasteiger partial charge < -0.3 is 10.0 Å². The van der Waals surface area contributed by atoms with Gasteiger partial charge in [0.1, 0.15) is 5.75 Å². The SMILES string of the molecule is CN(CCC(F)(F)F)C(=O)c1cccc(O)c1. The van der Waals surface area contributed by atoms with Crippen LogP contribution in [0.15, 0.2) is 24.3 Å². The van der Waals surface area contributed by atoms with E-state index in [1.807, 2.05) is 0 Å². The zero-order valence-corrected chi connectivity index (χ0v) is 9.16. The molecule has 1 aromatic carbocycles. The van der Waals surface area contributed by atoms with Gasteiger partial charge in [-0.3, -0.25) is 4.79 Å². The number of carbonyl (C=O) groups excluding carboxylic acids is 1. The number of carbonyl (C=O) groups is 1. The smallest absolute Gasteiger partial charge is 0.390 e. The van der Waals surface area contributed by atoms with Gasteiger partial charge in [-0.1, -0.05) is 6.07 Å². The Bertz CT molecular complexity index is 404. The second-order valence-corrected chi connectivity index (χ2v) is 3.64. The Labute approximate surface area is 96.5 Å². The lowest BCUT2D eigenvalue weighted by atomic mass is 10.2. The van der Waals surface area contributed by atoms with E-state index in [2.05, 4.69) is 0 Å². The largest absolute Gasteiger partial charge is 0.508 e. The van der Waals surface area contributed by atoms with Crippen molar-refractivity contribution in [1.82, 2.24) is 4.90 Å². The fraction of sp³-hybridized carbons (Fsp3) is 0.364. The fourth-order valence-corrected chi connectivity index (χ4v) is 1.26. The lowest BCUT2D eigenvalue weighted by Crippen LogP contribution is -2.30. The van der Waals surface area contributed by atoms with Gasteiger partial charge in [0.15, 0.2) is 0 Å². The van der Waals surface area contributed by atoms with Crippen molar-refractivity contribution in [2.24, 2.45) is 0 Å². The summed E-state index contributed by atoms with van der Waals surface area (Å²) in [6.07, 6.45) is -5.33. The molecule has 1 aromatic rings. The molecule has 0 radical (unpaired) electrons. The summed E-state index contributed by atoms with van der Waals surface area (Å²) in [4.78, 5) is 12.6. The number of benzene rings is 1. The maximum absolute atomic E-state index is 12.0. The van der Waals surface area contributed by atoms with E-state index in [-0.39, 0.29) is 11.3 Å². The van der Waals surface area contributed by atoms with Crippen molar-refractivity contribution >= 4 is 5.91 Å². The quantitative estimate of drug-likeness (QED) is 0.891. The maximum Gasteiger partial charge on any atom is 0.390 e. The molecule has 0 atom stereocenters. The Morgan fingerprint density at radius 2 is 2.06 bits per heavy atom. The molecule has 0 saturated heterocycles. The molecule has 0 heterocycles. The minimum Gasteiger partial charge on any atom is -0.508 e. The predicted molar refractivity (Wildman–Crippen MR) is 55.7 cm³/mol. The molecule has 1 N–H and O–H groups in total. The molecule has 0 saturated carbocycles. The lowest BCUT2D eigenvalue weighted by molar-refractivity contribution is -0.136. The number of alkyl halides is 3. The molecule has 0 aromatic heterocycles. The van der Waals surface area contributed by atoms with Crippen LogP contribution >= 0.6 is 0 Å². The third-order valence-electron chi connectivity index (χ3n) is 2.17. The number of aromatic hydroxyl groups is 1. The second kappa shape index (κ2) is 5.07.